The molecule has 1 aliphatic carbocycles. The van der Waals surface area contributed by atoms with Gasteiger partial charge in [0.1, 0.15) is 12.4 Å². The molecule has 1 aromatic carbocycles. The summed E-state index contributed by atoms with van der Waals surface area (Å²) in [6.07, 6.45) is 5.04. The molecule has 0 bridgehead atoms. The molecule has 0 heterocycles. The Morgan fingerprint density at radius 2 is 2.16 bits per heavy atom. The van der Waals surface area contributed by atoms with Crippen molar-refractivity contribution in [2.24, 2.45) is 5.92 Å². The largest absolute Gasteiger partial charge is 0.492 e. The van der Waals surface area contributed by atoms with E-state index in [2.05, 4.69) is 21.2 Å². The van der Waals surface area contributed by atoms with Crippen LogP contribution in [0.3, 0.4) is 0 Å². The van der Waals surface area contributed by atoms with Crippen LogP contribution < -0.4 is 10.1 Å². The molecule has 0 amide bonds. The lowest BCUT2D eigenvalue weighted by Gasteiger charge is -2.27. The van der Waals surface area contributed by atoms with Gasteiger partial charge in [0.15, 0.2) is 0 Å². The van der Waals surface area contributed by atoms with Gasteiger partial charge in [0.05, 0.1) is 0 Å². The number of nitrogens with one attached hydrogen (secondary N) is 1. The van der Waals surface area contributed by atoms with Crippen LogP contribution in [0, 0.1) is 5.92 Å². The van der Waals surface area contributed by atoms with Gasteiger partial charge in [0, 0.05) is 16.4 Å². The molecule has 1 aliphatic rings. The molecular formula is C15H21BrClNO. The van der Waals surface area contributed by atoms with Crippen molar-refractivity contribution in [3.8, 4) is 5.75 Å². The summed E-state index contributed by atoms with van der Waals surface area (Å²) in [5.41, 5.74) is 0. The summed E-state index contributed by atoms with van der Waals surface area (Å²) in [6.45, 7) is 2.57. The lowest BCUT2D eigenvalue weighted by Crippen LogP contribution is -2.33. The second-order valence-electron chi connectivity index (χ2n) is 5.07. The molecule has 2 nitrogen and oxygen atoms in total. The highest BCUT2D eigenvalue weighted by Crippen LogP contribution is 2.27. The van der Waals surface area contributed by atoms with Crippen LogP contribution in [-0.4, -0.2) is 25.1 Å². The first-order chi connectivity index (χ1) is 9.25. The molecule has 1 fully saturated rings. The van der Waals surface area contributed by atoms with Gasteiger partial charge in [-0.15, -0.1) is 11.6 Å². The first-order valence-electron chi connectivity index (χ1n) is 6.99. The first-order valence-corrected chi connectivity index (χ1v) is 8.22. The maximum atomic E-state index is 6.33. The Hall–Kier alpha value is -0.250. The predicted molar refractivity (Wildman–Crippen MR) is 84.1 cm³/mol. The Bertz CT molecular complexity index is 388. The van der Waals surface area contributed by atoms with E-state index in [-0.39, 0.29) is 0 Å². The van der Waals surface area contributed by atoms with Gasteiger partial charge in [-0.05, 0) is 43.5 Å². The molecule has 1 N–H and O–H groups in total. The number of alkyl halides is 1. The zero-order chi connectivity index (χ0) is 13.5. The molecule has 1 saturated carbocycles. The van der Waals surface area contributed by atoms with Gasteiger partial charge >= 0.3 is 0 Å². The Morgan fingerprint density at radius 3 is 2.95 bits per heavy atom. The van der Waals surface area contributed by atoms with Crippen LogP contribution in [0.4, 0.5) is 0 Å². The summed E-state index contributed by atoms with van der Waals surface area (Å²) in [5, 5.41) is 3.80. The molecule has 0 aromatic heterocycles. The lowest BCUT2D eigenvalue weighted by molar-refractivity contribution is 0.296. The molecular weight excluding hydrogens is 326 g/mol. The quantitative estimate of drug-likeness (QED) is 0.615. The minimum Gasteiger partial charge on any atom is -0.492 e. The number of hydrogen-bond donors (Lipinski definition) is 1. The highest BCUT2D eigenvalue weighted by atomic mass is 79.9. The van der Waals surface area contributed by atoms with Crippen LogP contribution in [-0.2, 0) is 0 Å². The molecule has 1 aromatic rings. The Labute approximate surface area is 129 Å². The van der Waals surface area contributed by atoms with Crippen LogP contribution in [0.25, 0.3) is 0 Å². The molecule has 2 atom stereocenters. The summed E-state index contributed by atoms with van der Waals surface area (Å²) in [6, 6.07) is 7.93. The standard InChI is InChI=1S/C15H21BrClNO/c16-13-5-3-6-14(10-13)19-9-8-18-11-12-4-1-2-7-15(12)17/h3,5-6,10,12,15,18H,1-2,4,7-9,11H2. The molecule has 4 heteroatoms. The van der Waals surface area contributed by atoms with E-state index in [9.17, 15) is 0 Å². The number of benzene rings is 1. The van der Waals surface area contributed by atoms with Crippen LogP contribution in [0.1, 0.15) is 25.7 Å². The Kier molecular flexibility index (Phi) is 6.48. The van der Waals surface area contributed by atoms with Crippen molar-refractivity contribution in [1.82, 2.24) is 5.32 Å². The summed E-state index contributed by atoms with van der Waals surface area (Å²) in [4.78, 5) is 0. The fourth-order valence-electron chi connectivity index (χ4n) is 2.48. The number of halogens is 2. The first kappa shape index (κ1) is 15.1. The van der Waals surface area contributed by atoms with E-state index in [1.807, 2.05) is 24.3 Å². The molecule has 0 radical (unpaired) electrons. The van der Waals surface area contributed by atoms with E-state index >= 15 is 0 Å². The van der Waals surface area contributed by atoms with Crippen LogP contribution in [0.15, 0.2) is 28.7 Å². The van der Waals surface area contributed by atoms with Crippen molar-refractivity contribution in [2.45, 2.75) is 31.1 Å². The third-order valence-corrected chi connectivity index (χ3v) is 4.63. The summed E-state index contributed by atoms with van der Waals surface area (Å²) in [7, 11) is 0. The van der Waals surface area contributed by atoms with Crippen LogP contribution in [0.2, 0.25) is 0 Å². The van der Waals surface area contributed by atoms with Gasteiger partial charge in [-0.3, -0.25) is 0 Å². The summed E-state index contributed by atoms with van der Waals surface area (Å²) < 4.78 is 6.72. The molecule has 0 saturated heterocycles. The average Bonchev–Trinajstić information content (AvgIpc) is 2.40. The number of ether oxygens (including phenoxy) is 1. The maximum absolute atomic E-state index is 6.33. The minimum atomic E-state index is 0.354. The van der Waals surface area contributed by atoms with E-state index in [1.165, 1.54) is 25.7 Å². The van der Waals surface area contributed by atoms with Crippen molar-refractivity contribution in [3.05, 3.63) is 28.7 Å². The fraction of sp³-hybridized carbons (Fsp3) is 0.600. The fourth-order valence-corrected chi connectivity index (χ4v) is 3.23. The predicted octanol–water partition coefficient (Wildman–Crippen LogP) is 4.22. The second-order valence-corrected chi connectivity index (χ2v) is 6.55. The topological polar surface area (TPSA) is 21.3 Å². The van der Waals surface area contributed by atoms with E-state index in [1.54, 1.807) is 0 Å². The zero-order valence-electron chi connectivity index (χ0n) is 11.1. The van der Waals surface area contributed by atoms with Gasteiger partial charge in [-0.1, -0.05) is 34.8 Å². The second kappa shape index (κ2) is 8.13. The Balaban J connectivity index is 1.59. The molecule has 2 rings (SSSR count). The highest BCUT2D eigenvalue weighted by molar-refractivity contribution is 9.10. The van der Waals surface area contributed by atoms with Gasteiger partial charge in [0.2, 0.25) is 0 Å². The highest BCUT2D eigenvalue weighted by Gasteiger charge is 2.22. The van der Waals surface area contributed by atoms with Crippen LogP contribution >= 0.6 is 27.5 Å². The third kappa shape index (κ3) is 5.33. The van der Waals surface area contributed by atoms with Gasteiger partial charge in [-0.25, -0.2) is 0 Å². The van der Waals surface area contributed by atoms with Gasteiger partial charge in [-0.2, -0.15) is 0 Å². The van der Waals surface area contributed by atoms with Crippen LogP contribution in [0.5, 0.6) is 5.75 Å². The molecule has 19 heavy (non-hydrogen) atoms. The van der Waals surface area contributed by atoms with Crippen molar-refractivity contribution < 1.29 is 4.74 Å². The maximum Gasteiger partial charge on any atom is 0.120 e. The third-order valence-electron chi connectivity index (χ3n) is 3.57. The van der Waals surface area contributed by atoms with E-state index in [0.717, 1.165) is 23.3 Å². The smallest absolute Gasteiger partial charge is 0.120 e. The van der Waals surface area contributed by atoms with Crippen molar-refractivity contribution in [3.63, 3.8) is 0 Å². The monoisotopic (exact) mass is 345 g/mol. The number of hydrogen-bond acceptors (Lipinski definition) is 2. The summed E-state index contributed by atoms with van der Waals surface area (Å²) >= 11 is 9.77. The Morgan fingerprint density at radius 1 is 1.32 bits per heavy atom. The normalized spacial score (nSPS) is 23.3. The van der Waals surface area contributed by atoms with E-state index in [0.29, 0.717) is 17.9 Å². The van der Waals surface area contributed by atoms with Crippen molar-refractivity contribution in [2.75, 3.05) is 19.7 Å². The molecule has 2 unspecified atom stereocenters. The van der Waals surface area contributed by atoms with Gasteiger partial charge in [0.25, 0.3) is 0 Å². The summed E-state index contributed by atoms with van der Waals surface area (Å²) in [5.74, 6) is 1.53. The molecule has 0 spiro atoms. The SMILES string of the molecule is ClC1CCCCC1CNCCOc1cccc(Br)c1. The van der Waals surface area contributed by atoms with Gasteiger partial charge < -0.3 is 10.1 Å². The number of rotatable bonds is 6. The van der Waals surface area contributed by atoms with E-state index in [4.69, 9.17) is 16.3 Å². The minimum absolute atomic E-state index is 0.354. The average molecular weight is 347 g/mol. The lowest BCUT2D eigenvalue weighted by atomic mass is 9.89. The van der Waals surface area contributed by atoms with Crippen molar-refractivity contribution >= 4 is 27.5 Å². The molecule has 106 valence electrons. The van der Waals surface area contributed by atoms with E-state index < -0.39 is 0 Å². The molecule has 0 aliphatic heterocycles. The van der Waals surface area contributed by atoms with Crippen molar-refractivity contribution in [1.29, 1.82) is 0 Å². The zero-order valence-corrected chi connectivity index (χ0v) is 13.4.